The Hall–Kier alpha value is -2.07. The summed E-state index contributed by atoms with van der Waals surface area (Å²) < 4.78 is 28.4. The number of nitrogens with zero attached hydrogens (tertiary/aromatic N) is 4. The Morgan fingerprint density at radius 2 is 1.60 bits per heavy atom. The van der Waals surface area contributed by atoms with Crippen LogP contribution >= 0.6 is 0 Å². The van der Waals surface area contributed by atoms with E-state index >= 15 is 0 Å². The van der Waals surface area contributed by atoms with E-state index in [0.717, 1.165) is 31.4 Å². The number of piperazine rings is 1. The summed E-state index contributed by atoms with van der Waals surface area (Å²) in [5, 5.41) is 4.58. The molecule has 0 N–H and O–H groups in total. The number of ether oxygens (including phenoxy) is 2. The van der Waals surface area contributed by atoms with Gasteiger partial charge in [0, 0.05) is 24.5 Å². The molecule has 0 bridgehead atoms. The Kier molecular flexibility index (Phi) is 8.75. The lowest BCUT2D eigenvalue weighted by Crippen LogP contribution is -2.50. The molecule has 2 aliphatic rings. The van der Waals surface area contributed by atoms with Gasteiger partial charge in [-0.2, -0.15) is 9.78 Å². The van der Waals surface area contributed by atoms with E-state index in [9.17, 15) is 9.35 Å². The van der Waals surface area contributed by atoms with Crippen LogP contribution in [0.1, 0.15) is 53.4 Å². The maximum atomic E-state index is 13.6. The highest BCUT2D eigenvalue weighted by atomic mass is 32.2. The molecule has 35 heavy (non-hydrogen) atoms. The van der Waals surface area contributed by atoms with Crippen molar-refractivity contribution in [3.63, 3.8) is 0 Å². The molecule has 1 aliphatic carbocycles. The Bertz CT molecular complexity index is 1000. The molecular weight excluding hydrogens is 464 g/mol. The molecular formula is C26H38N4O4S. The van der Waals surface area contributed by atoms with Crippen molar-refractivity contribution in [2.24, 2.45) is 0 Å². The second kappa shape index (κ2) is 11.8. The molecule has 1 atom stereocenters. The summed E-state index contributed by atoms with van der Waals surface area (Å²) in [4.78, 5) is 15.8. The van der Waals surface area contributed by atoms with Gasteiger partial charge in [0.05, 0.1) is 43.3 Å². The van der Waals surface area contributed by atoms with Gasteiger partial charge in [-0.1, -0.05) is 18.2 Å². The van der Waals surface area contributed by atoms with Crippen LogP contribution in [0.5, 0.6) is 5.75 Å². The van der Waals surface area contributed by atoms with Crippen LogP contribution in [-0.2, 0) is 16.1 Å². The SMILES string of the molecule is CC(C)OC1CCC(Oc2c(N3CCN([S+]([O-])C(C)C)CC3)cnn(-c3ccccc3)c2=O)CC1. The molecule has 0 amide bonds. The molecule has 2 heterocycles. The van der Waals surface area contributed by atoms with Gasteiger partial charge < -0.3 is 18.9 Å². The second-order valence-electron chi connectivity index (χ2n) is 9.85. The van der Waals surface area contributed by atoms with Crippen LogP contribution in [-0.4, -0.2) is 68.4 Å². The van der Waals surface area contributed by atoms with Crippen molar-refractivity contribution in [3.05, 3.63) is 46.9 Å². The fourth-order valence-corrected chi connectivity index (χ4v) is 5.88. The monoisotopic (exact) mass is 502 g/mol. The Morgan fingerprint density at radius 3 is 2.20 bits per heavy atom. The van der Waals surface area contributed by atoms with Crippen LogP contribution in [0.15, 0.2) is 41.3 Å². The standard InChI is InChI=1S/C26H38N4O4S/c1-19(2)33-22-10-12-23(13-11-22)34-25-24(28-14-16-29(17-15-28)35(32)20(3)4)18-27-30(26(25)31)21-8-6-5-7-9-21/h5-9,18-20,22-23H,10-17H2,1-4H3. The van der Waals surface area contributed by atoms with Crippen LogP contribution in [0.4, 0.5) is 5.69 Å². The third-order valence-electron chi connectivity index (χ3n) is 6.52. The summed E-state index contributed by atoms with van der Waals surface area (Å²) in [7, 11) is 0. The van der Waals surface area contributed by atoms with Crippen molar-refractivity contribution in [1.82, 2.24) is 14.1 Å². The summed E-state index contributed by atoms with van der Waals surface area (Å²) in [5.74, 6) is 0.357. The smallest absolute Gasteiger partial charge is 0.316 e. The first-order chi connectivity index (χ1) is 16.8. The summed E-state index contributed by atoms with van der Waals surface area (Å²) in [6, 6.07) is 9.43. The van der Waals surface area contributed by atoms with Gasteiger partial charge >= 0.3 is 5.56 Å². The highest BCUT2D eigenvalue weighted by molar-refractivity contribution is 7.89. The van der Waals surface area contributed by atoms with Gasteiger partial charge in [-0.05, 0) is 65.5 Å². The number of para-hydroxylation sites is 1. The van der Waals surface area contributed by atoms with Crippen molar-refractivity contribution in [3.8, 4) is 11.4 Å². The van der Waals surface area contributed by atoms with Gasteiger partial charge in [-0.15, -0.1) is 4.31 Å². The molecule has 2 aromatic rings. The van der Waals surface area contributed by atoms with Crippen molar-refractivity contribution in [1.29, 1.82) is 0 Å². The maximum absolute atomic E-state index is 13.6. The molecule has 1 saturated heterocycles. The molecule has 1 aliphatic heterocycles. The van der Waals surface area contributed by atoms with E-state index in [-0.39, 0.29) is 29.1 Å². The summed E-state index contributed by atoms with van der Waals surface area (Å²) >= 11 is -0.999. The maximum Gasteiger partial charge on any atom is 0.316 e. The van der Waals surface area contributed by atoms with Gasteiger partial charge in [0.15, 0.2) is 0 Å². The van der Waals surface area contributed by atoms with E-state index in [2.05, 4.69) is 23.8 Å². The molecule has 1 unspecified atom stereocenters. The average Bonchev–Trinajstić information content (AvgIpc) is 2.86. The molecule has 4 rings (SSSR count). The van der Waals surface area contributed by atoms with E-state index < -0.39 is 11.4 Å². The van der Waals surface area contributed by atoms with E-state index in [4.69, 9.17) is 9.47 Å². The average molecular weight is 503 g/mol. The first-order valence-corrected chi connectivity index (χ1v) is 13.9. The normalized spacial score (nSPS) is 22.5. The van der Waals surface area contributed by atoms with Crippen molar-refractivity contribution in [2.45, 2.75) is 76.9 Å². The lowest BCUT2D eigenvalue weighted by Gasteiger charge is -2.37. The summed E-state index contributed by atoms with van der Waals surface area (Å²) in [6.07, 6.45) is 5.73. The fourth-order valence-electron chi connectivity index (χ4n) is 4.76. The van der Waals surface area contributed by atoms with Gasteiger partial charge in [0.2, 0.25) is 5.75 Å². The lowest BCUT2D eigenvalue weighted by atomic mass is 9.94. The zero-order valence-electron chi connectivity index (χ0n) is 21.3. The van der Waals surface area contributed by atoms with Crippen LogP contribution < -0.4 is 15.2 Å². The predicted molar refractivity (Wildman–Crippen MR) is 140 cm³/mol. The van der Waals surface area contributed by atoms with Gasteiger partial charge in [0.1, 0.15) is 10.9 Å². The summed E-state index contributed by atoms with van der Waals surface area (Å²) in [6.45, 7) is 10.8. The first-order valence-electron chi connectivity index (χ1n) is 12.7. The number of hydrogen-bond acceptors (Lipinski definition) is 7. The van der Waals surface area contributed by atoms with Gasteiger partial charge in [-0.3, -0.25) is 4.79 Å². The zero-order valence-corrected chi connectivity index (χ0v) is 22.1. The van der Waals surface area contributed by atoms with Crippen molar-refractivity contribution < 1.29 is 14.0 Å². The van der Waals surface area contributed by atoms with Crippen LogP contribution in [0, 0.1) is 0 Å². The molecule has 9 heteroatoms. The van der Waals surface area contributed by atoms with E-state index in [1.54, 1.807) is 6.20 Å². The molecule has 2 fully saturated rings. The van der Waals surface area contributed by atoms with E-state index in [0.29, 0.717) is 37.6 Å². The molecule has 1 saturated carbocycles. The molecule has 1 aromatic carbocycles. The Labute approximate surface area is 211 Å². The molecule has 0 radical (unpaired) electrons. The second-order valence-corrected chi connectivity index (χ2v) is 11.9. The van der Waals surface area contributed by atoms with Crippen LogP contribution in [0.2, 0.25) is 0 Å². The lowest BCUT2D eigenvalue weighted by molar-refractivity contribution is -0.0297. The largest absolute Gasteiger partial charge is 0.598 e. The van der Waals surface area contributed by atoms with Crippen LogP contribution in [0.25, 0.3) is 5.69 Å². The minimum Gasteiger partial charge on any atom is -0.598 e. The quantitative estimate of drug-likeness (QED) is 0.511. The van der Waals surface area contributed by atoms with Gasteiger partial charge in [-0.25, -0.2) is 0 Å². The fraction of sp³-hybridized carbons (Fsp3) is 0.615. The number of benzene rings is 1. The van der Waals surface area contributed by atoms with Crippen molar-refractivity contribution in [2.75, 3.05) is 31.1 Å². The highest BCUT2D eigenvalue weighted by Crippen LogP contribution is 2.31. The Balaban J connectivity index is 1.56. The zero-order chi connectivity index (χ0) is 24.9. The third-order valence-corrected chi connectivity index (χ3v) is 8.20. The van der Waals surface area contributed by atoms with Crippen LogP contribution in [0.3, 0.4) is 0 Å². The molecule has 192 valence electrons. The number of anilines is 1. The Morgan fingerprint density at radius 1 is 0.971 bits per heavy atom. The minimum atomic E-state index is -0.999. The van der Waals surface area contributed by atoms with E-state index in [1.807, 2.05) is 48.5 Å². The minimum absolute atomic E-state index is 0.0326. The predicted octanol–water partition coefficient (Wildman–Crippen LogP) is 3.54. The molecule has 8 nitrogen and oxygen atoms in total. The number of hydrogen-bond donors (Lipinski definition) is 0. The van der Waals surface area contributed by atoms with E-state index in [1.165, 1.54) is 4.68 Å². The summed E-state index contributed by atoms with van der Waals surface area (Å²) in [5.41, 5.74) is 1.18. The van der Waals surface area contributed by atoms with Gasteiger partial charge in [0.25, 0.3) is 0 Å². The third kappa shape index (κ3) is 6.39. The topological polar surface area (TPSA) is 82.9 Å². The molecule has 1 aromatic heterocycles. The first kappa shape index (κ1) is 26.0. The number of aromatic nitrogens is 2. The highest BCUT2D eigenvalue weighted by Gasteiger charge is 2.31. The number of rotatable bonds is 8. The molecule has 0 spiro atoms. The van der Waals surface area contributed by atoms with Crippen molar-refractivity contribution >= 4 is 17.0 Å².